The van der Waals surface area contributed by atoms with Gasteiger partial charge in [-0.1, -0.05) is 251 Å². The fourth-order valence-corrected chi connectivity index (χ4v) is 14.9. The summed E-state index contributed by atoms with van der Waals surface area (Å²) in [5, 5.41) is 1.32. The van der Waals surface area contributed by atoms with Gasteiger partial charge < -0.3 is 19.3 Å². The monoisotopic (exact) mass is 1170 g/mol. The maximum Gasteiger partial charge on any atom is 0.252 e. The molecule has 10 aromatic carbocycles. The third-order valence-corrected chi connectivity index (χ3v) is 19.9. The highest BCUT2D eigenvalue weighted by atomic mass is 15.2. The molecule has 3 heterocycles. The van der Waals surface area contributed by atoms with Gasteiger partial charge in [0.25, 0.3) is 6.71 Å². The van der Waals surface area contributed by atoms with Gasteiger partial charge in [0, 0.05) is 72.9 Å². The number of hydrogen-bond acceptors (Lipinski definition) is 3. The molecular formula is C85H87BN4. The van der Waals surface area contributed by atoms with Crippen LogP contribution in [-0.2, 0) is 32.5 Å². The van der Waals surface area contributed by atoms with Gasteiger partial charge >= 0.3 is 0 Å². The number of anilines is 9. The first-order valence-electron chi connectivity index (χ1n) is 32.7. The van der Waals surface area contributed by atoms with Crippen molar-refractivity contribution >= 4 is 85.2 Å². The van der Waals surface area contributed by atoms with Crippen molar-refractivity contribution in [2.75, 3.05) is 14.7 Å². The molecule has 2 aliphatic heterocycles. The lowest BCUT2D eigenvalue weighted by Crippen LogP contribution is -2.60. The molecule has 0 radical (unpaired) electrons. The highest BCUT2D eigenvalue weighted by Gasteiger charge is 2.48. The van der Waals surface area contributed by atoms with Crippen LogP contribution < -0.4 is 31.1 Å². The van der Waals surface area contributed by atoms with Crippen LogP contribution in [0.1, 0.15) is 157 Å². The molecule has 11 aromatic rings. The predicted octanol–water partition coefficient (Wildman–Crippen LogP) is 21.6. The molecule has 450 valence electrons. The molecule has 0 atom stereocenters. The minimum absolute atomic E-state index is 0.00251. The van der Waals surface area contributed by atoms with Gasteiger partial charge in [0.05, 0.1) is 17.1 Å². The first-order valence-corrected chi connectivity index (χ1v) is 32.7. The van der Waals surface area contributed by atoms with Crippen LogP contribution in [0.4, 0.5) is 51.2 Å². The van der Waals surface area contributed by atoms with E-state index in [1.165, 1.54) is 94.3 Å². The molecule has 0 bridgehead atoms. The molecule has 14 rings (SSSR count). The van der Waals surface area contributed by atoms with Gasteiger partial charge in [0.15, 0.2) is 0 Å². The third kappa shape index (κ3) is 9.64. The van der Waals surface area contributed by atoms with Crippen molar-refractivity contribution in [3.8, 4) is 28.1 Å². The standard InChI is InChI=1S/C85H87BN4/c1-80(2,3)55-30-39-60(40-31-55)87(61-41-32-56(33-42-61)81(4,5)6)64-47-48-70-73(51-64)89(72-49-38-59(84(13,14)15)50-68(72)54-24-19-18-20-25-54)74-52-65(88(62-43-34-57(35-44-62)82(7,8)9)63-45-36-58(37-46-63)83(10,11)12)53-75-77(74)86(70)71-29-23-27-67-76-79(90(75)78(67)71)66-26-21-22-28-69(66)85(76,16)17/h18-53H,1-17H3. The Morgan fingerprint density at radius 3 is 1.30 bits per heavy atom. The number of nitrogens with zero attached hydrogens (tertiary/aromatic N) is 4. The van der Waals surface area contributed by atoms with Gasteiger partial charge in [-0.3, -0.25) is 0 Å². The molecule has 0 spiro atoms. The minimum Gasteiger partial charge on any atom is -0.311 e. The molecule has 0 unspecified atom stereocenters. The van der Waals surface area contributed by atoms with Crippen molar-refractivity contribution in [1.82, 2.24) is 4.57 Å². The molecule has 0 amide bonds. The molecule has 0 N–H and O–H groups in total. The summed E-state index contributed by atoms with van der Waals surface area (Å²) in [6.07, 6.45) is 0. The highest BCUT2D eigenvalue weighted by Crippen LogP contribution is 2.56. The normalized spacial score (nSPS) is 14.1. The van der Waals surface area contributed by atoms with E-state index in [1.807, 2.05) is 0 Å². The van der Waals surface area contributed by atoms with E-state index >= 15 is 0 Å². The quantitative estimate of drug-likeness (QED) is 0.141. The summed E-state index contributed by atoms with van der Waals surface area (Å²) >= 11 is 0. The molecule has 4 nitrogen and oxygen atoms in total. The Morgan fingerprint density at radius 2 is 0.789 bits per heavy atom. The fourth-order valence-electron chi connectivity index (χ4n) is 14.9. The van der Waals surface area contributed by atoms with Crippen molar-refractivity contribution in [3.05, 3.63) is 257 Å². The number of para-hydroxylation sites is 1. The third-order valence-electron chi connectivity index (χ3n) is 19.9. The molecule has 1 aromatic heterocycles. The van der Waals surface area contributed by atoms with E-state index in [-0.39, 0.29) is 39.2 Å². The van der Waals surface area contributed by atoms with E-state index in [9.17, 15) is 0 Å². The lowest BCUT2D eigenvalue weighted by Gasteiger charge is -2.43. The number of hydrogen-bond donors (Lipinski definition) is 0. The zero-order valence-corrected chi connectivity index (χ0v) is 56.2. The van der Waals surface area contributed by atoms with Gasteiger partial charge in [0.1, 0.15) is 0 Å². The maximum atomic E-state index is 2.71. The molecule has 3 aliphatic rings. The predicted molar refractivity (Wildman–Crippen MR) is 388 cm³/mol. The zero-order valence-electron chi connectivity index (χ0n) is 56.2. The van der Waals surface area contributed by atoms with Gasteiger partial charge in [-0.25, -0.2) is 0 Å². The molecule has 90 heavy (non-hydrogen) atoms. The first-order chi connectivity index (χ1) is 42.6. The number of benzene rings is 10. The molecule has 5 heteroatoms. The van der Waals surface area contributed by atoms with Gasteiger partial charge in [0.2, 0.25) is 0 Å². The molecule has 0 saturated carbocycles. The average Bonchev–Trinajstić information content (AvgIpc) is 1.41. The number of rotatable bonds is 8. The van der Waals surface area contributed by atoms with Gasteiger partial charge in [-0.15, -0.1) is 0 Å². The summed E-state index contributed by atoms with van der Waals surface area (Å²) in [7, 11) is 0. The summed E-state index contributed by atoms with van der Waals surface area (Å²) in [6, 6.07) is 84.7. The summed E-state index contributed by atoms with van der Waals surface area (Å²) in [5.41, 5.74) is 30.3. The second kappa shape index (κ2) is 20.6. The van der Waals surface area contributed by atoms with Crippen molar-refractivity contribution < 1.29 is 0 Å². The first kappa shape index (κ1) is 58.9. The van der Waals surface area contributed by atoms with E-state index in [2.05, 4.69) is 355 Å². The minimum atomic E-state index is -0.248. The SMILES string of the molecule is CC(C)(C)c1ccc(N(c2ccc(C(C)(C)C)cc2)c2ccc3c(c2)N(c2ccc(C(C)(C)C)cc2-c2ccccc2)c2cc(N(c4ccc(C(C)(C)C)cc4)c4ccc(C(C)(C)C)cc4)cc4c2B3c2cccc3c5c(n-4c23)-c2ccccc2C5(C)C)cc1. The molecular weight excluding hydrogens is 1090 g/mol. The fraction of sp³-hybridized carbons (Fsp3) is 0.271. The van der Waals surface area contributed by atoms with Crippen LogP contribution in [0.2, 0.25) is 0 Å². The maximum absolute atomic E-state index is 2.71. The van der Waals surface area contributed by atoms with Crippen LogP contribution in [-0.4, -0.2) is 11.3 Å². The Kier molecular flexibility index (Phi) is 13.5. The Hall–Kier alpha value is -8.80. The lowest BCUT2D eigenvalue weighted by atomic mass is 9.33. The Bertz CT molecular complexity index is 4490. The number of fused-ring (bicyclic) bond motifs is 9. The molecule has 0 fully saturated rings. The second-order valence-electron chi connectivity index (χ2n) is 31.6. The Morgan fingerprint density at radius 1 is 0.344 bits per heavy atom. The summed E-state index contributed by atoms with van der Waals surface area (Å²) in [6.45, 7) is 39.4. The lowest BCUT2D eigenvalue weighted by molar-refractivity contribution is 0.590. The van der Waals surface area contributed by atoms with Crippen molar-refractivity contribution in [3.63, 3.8) is 0 Å². The van der Waals surface area contributed by atoms with E-state index in [0.29, 0.717) is 0 Å². The van der Waals surface area contributed by atoms with Crippen LogP contribution >= 0.6 is 0 Å². The van der Waals surface area contributed by atoms with Gasteiger partial charge in [-0.2, -0.15) is 0 Å². The Labute approximate surface area is 537 Å². The van der Waals surface area contributed by atoms with E-state index < -0.39 is 0 Å². The van der Waals surface area contributed by atoms with Crippen molar-refractivity contribution in [2.24, 2.45) is 0 Å². The van der Waals surface area contributed by atoms with Crippen molar-refractivity contribution in [2.45, 2.75) is 150 Å². The second-order valence-corrected chi connectivity index (χ2v) is 31.6. The average molecular weight is 1180 g/mol. The molecule has 0 saturated heterocycles. The van der Waals surface area contributed by atoms with Crippen LogP contribution in [0.25, 0.3) is 39.0 Å². The summed E-state index contributed by atoms with van der Waals surface area (Å²) < 4.78 is 2.71. The van der Waals surface area contributed by atoms with Crippen LogP contribution in [0.5, 0.6) is 0 Å². The van der Waals surface area contributed by atoms with Gasteiger partial charge in [-0.05, 0) is 173 Å². The number of aromatic nitrogens is 1. The Balaban J connectivity index is 1.13. The molecule has 1 aliphatic carbocycles. The van der Waals surface area contributed by atoms with Crippen molar-refractivity contribution in [1.29, 1.82) is 0 Å². The van der Waals surface area contributed by atoms with Crippen LogP contribution in [0.15, 0.2) is 218 Å². The largest absolute Gasteiger partial charge is 0.311 e. The van der Waals surface area contributed by atoms with E-state index in [4.69, 9.17) is 0 Å². The van der Waals surface area contributed by atoms with Crippen LogP contribution in [0.3, 0.4) is 0 Å². The van der Waals surface area contributed by atoms with E-state index in [0.717, 1.165) is 51.2 Å². The smallest absolute Gasteiger partial charge is 0.252 e. The summed E-state index contributed by atoms with van der Waals surface area (Å²) in [5.74, 6) is 0. The highest BCUT2D eigenvalue weighted by molar-refractivity contribution is 7.00. The zero-order chi connectivity index (χ0) is 63.4. The topological polar surface area (TPSA) is 14.7 Å². The van der Waals surface area contributed by atoms with Crippen LogP contribution in [0, 0.1) is 0 Å². The summed E-state index contributed by atoms with van der Waals surface area (Å²) in [4.78, 5) is 7.68. The van der Waals surface area contributed by atoms with E-state index in [1.54, 1.807) is 0 Å².